The molecule has 0 bridgehead atoms. The fraction of sp³-hybridized carbons (Fsp3) is 0. The van der Waals surface area contributed by atoms with Gasteiger partial charge in [0, 0.05) is 0 Å². The Morgan fingerprint density at radius 3 is 1.43 bits per heavy atom. The molecule has 0 aromatic carbocycles. The smallest absolute Gasteiger partial charge is 0.226 e. The summed E-state index contributed by atoms with van der Waals surface area (Å²) in [6, 6.07) is 0. The topological polar surface area (TPSA) is 180 Å². The predicted molar refractivity (Wildman–Crippen MR) is 48.6 cm³/mol. The van der Waals surface area contributed by atoms with E-state index < -0.39 is 0 Å². The third-order valence-corrected chi connectivity index (χ3v) is 0.989. The van der Waals surface area contributed by atoms with Crippen LogP contribution in [-0.4, -0.2) is 32.5 Å². The minimum atomic E-state index is -0.209. The second-order valence-electron chi connectivity index (χ2n) is 2.10. The fourth-order valence-electron chi connectivity index (χ4n) is 0.603. The number of guanidine groups is 2. The van der Waals surface area contributed by atoms with Gasteiger partial charge in [0.05, 0.1) is 0 Å². The first-order valence-corrected chi connectivity index (χ1v) is 3.35. The highest BCUT2D eigenvalue weighted by atomic mass is 15.5. The van der Waals surface area contributed by atoms with Crippen molar-refractivity contribution in [3.05, 3.63) is 0 Å². The minimum absolute atomic E-state index is 0.00611. The van der Waals surface area contributed by atoms with Gasteiger partial charge in [-0.3, -0.25) is 0 Å². The van der Waals surface area contributed by atoms with Gasteiger partial charge in [-0.15, -0.1) is 10.2 Å². The maximum Gasteiger partial charge on any atom is 0.226 e. The van der Waals surface area contributed by atoms with Crippen molar-refractivity contribution < 1.29 is 0 Å². The number of aromatic nitrogens is 4. The van der Waals surface area contributed by atoms with E-state index in [-0.39, 0.29) is 23.6 Å². The second-order valence-corrected chi connectivity index (χ2v) is 2.10. The van der Waals surface area contributed by atoms with Gasteiger partial charge in [0.25, 0.3) is 0 Å². The Hall–Kier alpha value is -2.52. The molecule has 1 heterocycles. The van der Waals surface area contributed by atoms with Gasteiger partial charge in [0.1, 0.15) is 0 Å². The molecule has 0 fully saturated rings. The van der Waals surface area contributed by atoms with Crippen molar-refractivity contribution in [3.63, 3.8) is 0 Å². The van der Waals surface area contributed by atoms with E-state index in [1.807, 2.05) is 0 Å². The quantitative estimate of drug-likeness (QED) is 0.286. The van der Waals surface area contributed by atoms with Gasteiger partial charge in [-0.1, -0.05) is 0 Å². The normalized spacial score (nSPS) is 9.14. The van der Waals surface area contributed by atoms with E-state index in [0.717, 1.165) is 0 Å². The van der Waals surface area contributed by atoms with Crippen LogP contribution in [0.3, 0.4) is 0 Å². The van der Waals surface area contributed by atoms with Crippen molar-refractivity contribution in [2.24, 2.45) is 32.9 Å². The van der Waals surface area contributed by atoms with Crippen molar-refractivity contribution >= 4 is 23.6 Å². The Morgan fingerprint density at radius 1 is 0.786 bits per heavy atom. The van der Waals surface area contributed by atoms with E-state index >= 15 is 0 Å². The molecule has 0 aliphatic heterocycles. The monoisotopic (exact) mass is 196 g/mol. The number of hydrogen-bond donors (Lipinski definition) is 4. The van der Waals surface area contributed by atoms with E-state index in [1.54, 1.807) is 0 Å². The van der Waals surface area contributed by atoms with Gasteiger partial charge in [-0.2, -0.15) is 9.98 Å². The van der Waals surface area contributed by atoms with Crippen molar-refractivity contribution in [1.29, 1.82) is 0 Å². The maximum atomic E-state index is 5.12. The molecule has 0 atom stereocenters. The summed E-state index contributed by atoms with van der Waals surface area (Å²) in [5, 5.41) is 13.4. The fourth-order valence-corrected chi connectivity index (χ4v) is 0.603. The standard InChI is InChI=1S/C4H8N10/c5-3(6)9-1-2(10-4(7)8)12-14-13-11-1/h(H4,5,6,9,11,14)(H4,7,8,10,12,13). The Bertz CT molecular complexity index is 334. The first-order chi connectivity index (χ1) is 6.59. The largest absolute Gasteiger partial charge is 0.370 e. The van der Waals surface area contributed by atoms with Crippen molar-refractivity contribution in [3.8, 4) is 0 Å². The Kier molecular flexibility index (Phi) is 2.69. The molecule has 0 saturated carbocycles. The molecule has 10 heteroatoms. The molecule has 1 rings (SSSR count). The molecule has 0 aliphatic rings. The van der Waals surface area contributed by atoms with Crippen LogP contribution in [0.5, 0.6) is 0 Å². The average molecular weight is 196 g/mol. The van der Waals surface area contributed by atoms with E-state index in [4.69, 9.17) is 22.9 Å². The van der Waals surface area contributed by atoms with Crippen LogP contribution >= 0.6 is 0 Å². The molecule has 0 saturated heterocycles. The van der Waals surface area contributed by atoms with E-state index in [2.05, 4.69) is 30.6 Å². The summed E-state index contributed by atoms with van der Waals surface area (Å²) in [5.74, 6) is -0.430. The number of nitrogens with two attached hydrogens (primary N) is 4. The zero-order valence-electron chi connectivity index (χ0n) is 6.99. The van der Waals surface area contributed by atoms with Crippen LogP contribution in [0, 0.1) is 0 Å². The van der Waals surface area contributed by atoms with Gasteiger partial charge in [0.15, 0.2) is 11.9 Å². The van der Waals surface area contributed by atoms with Crippen LogP contribution in [0.25, 0.3) is 0 Å². The summed E-state index contributed by atoms with van der Waals surface area (Å²) in [4.78, 5) is 7.18. The van der Waals surface area contributed by atoms with Crippen molar-refractivity contribution in [2.45, 2.75) is 0 Å². The molecule has 74 valence electrons. The summed E-state index contributed by atoms with van der Waals surface area (Å²) in [7, 11) is 0. The molecular weight excluding hydrogens is 188 g/mol. The summed E-state index contributed by atoms with van der Waals surface area (Å²) in [6.45, 7) is 0. The summed E-state index contributed by atoms with van der Waals surface area (Å²) < 4.78 is 0. The molecule has 0 amide bonds. The van der Waals surface area contributed by atoms with Crippen LogP contribution in [0.4, 0.5) is 11.6 Å². The van der Waals surface area contributed by atoms with Gasteiger partial charge in [-0.25, -0.2) is 0 Å². The van der Waals surface area contributed by atoms with E-state index in [1.165, 1.54) is 0 Å². The molecular formula is C4H8N10. The first kappa shape index (κ1) is 9.57. The van der Waals surface area contributed by atoms with Crippen LogP contribution in [0.2, 0.25) is 0 Å². The third kappa shape index (κ3) is 2.51. The lowest BCUT2D eigenvalue weighted by Crippen LogP contribution is -2.23. The van der Waals surface area contributed by atoms with Crippen LogP contribution in [-0.2, 0) is 0 Å². The minimum Gasteiger partial charge on any atom is -0.370 e. The number of nitrogens with zero attached hydrogens (tertiary/aromatic N) is 6. The molecule has 0 radical (unpaired) electrons. The Morgan fingerprint density at radius 2 is 1.14 bits per heavy atom. The lowest BCUT2D eigenvalue weighted by Gasteiger charge is -1.95. The average Bonchev–Trinajstić information content (AvgIpc) is 2.06. The predicted octanol–water partition coefficient (Wildman–Crippen LogP) is -2.92. The molecule has 1 aromatic heterocycles. The van der Waals surface area contributed by atoms with Gasteiger partial charge >= 0.3 is 0 Å². The Balaban J connectivity index is 3.16. The highest BCUT2D eigenvalue weighted by Crippen LogP contribution is 2.18. The summed E-state index contributed by atoms with van der Waals surface area (Å²) in [5.41, 5.74) is 20.5. The molecule has 14 heavy (non-hydrogen) atoms. The van der Waals surface area contributed by atoms with Crippen molar-refractivity contribution in [1.82, 2.24) is 20.6 Å². The van der Waals surface area contributed by atoms with Gasteiger partial charge in [0.2, 0.25) is 11.6 Å². The molecule has 1 aromatic rings. The third-order valence-electron chi connectivity index (χ3n) is 0.989. The molecule has 8 N–H and O–H groups in total. The highest BCUT2D eigenvalue weighted by molar-refractivity contribution is 5.82. The zero-order valence-corrected chi connectivity index (χ0v) is 6.99. The van der Waals surface area contributed by atoms with E-state index in [0.29, 0.717) is 0 Å². The molecule has 10 nitrogen and oxygen atoms in total. The first-order valence-electron chi connectivity index (χ1n) is 3.35. The van der Waals surface area contributed by atoms with Crippen molar-refractivity contribution in [2.75, 3.05) is 0 Å². The van der Waals surface area contributed by atoms with E-state index in [9.17, 15) is 0 Å². The molecule has 0 spiro atoms. The number of aliphatic imine (C=N–C) groups is 2. The highest BCUT2D eigenvalue weighted by Gasteiger charge is 2.04. The number of rotatable bonds is 2. The lowest BCUT2D eigenvalue weighted by atomic mass is 10.6. The van der Waals surface area contributed by atoms with Crippen LogP contribution in [0.1, 0.15) is 0 Å². The zero-order chi connectivity index (χ0) is 10.6. The molecule has 0 unspecified atom stereocenters. The van der Waals surface area contributed by atoms with Crippen LogP contribution < -0.4 is 22.9 Å². The summed E-state index contributed by atoms with van der Waals surface area (Å²) in [6.07, 6.45) is 0. The van der Waals surface area contributed by atoms with Gasteiger partial charge < -0.3 is 22.9 Å². The lowest BCUT2D eigenvalue weighted by molar-refractivity contribution is 0.764. The SMILES string of the molecule is NC(N)=Nc1nnnnc1N=C(N)N. The van der Waals surface area contributed by atoms with Crippen LogP contribution in [0.15, 0.2) is 9.98 Å². The Labute approximate surface area is 78.1 Å². The summed E-state index contributed by atoms with van der Waals surface area (Å²) >= 11 is 0. The second kappa shape index (κ2) is 3.93. The molecule has 0 aliphatic carbocycles. The maximum absolute atomic E-state index is 5.12. The van der Waals surface area contributed by atoms with Gasteiger partial charge in [-0.05, 0) is 10.4 Å². The number of hydrogen-bond acceptors (Lipinski definition) is 6.